The van der Waals surface area contributed by atoms with Crippen LogP contribution < -0.4 is 21.1 Å². The lowest BCUT2D eigenvalue weighted by Gasteiger charge is -2.22. The van der Waals surface area contributed by atoms with Crippen molar-refractivity contribution in [2.24, 2.45) is 11.5 Å². The van der Waals surface area contributed by atoms with Crippen molar-refractivity contribution in [2.45, 2.75) is 6.92 Å². The highest BCUT2D eigenvalue weighted by Crippen LogP contribution is 2.15. The first kappa shape index (κ1) is 12.7. The van der Waals surface area contributed by atoms with Crippen LogP contribution in [0.25, 0.3) is 0 Å². The molecule has 5 nitrogen and oxygen atoms in total. The zero-order chi connectivity index (χ0) is 11.8. The summed E-state index contributed by atoms with van der Waals surface area (Å²) in [5, 5.41) is 0. The van der Waals surface area contributed by atoms with Gasteiger partial charge in [0.25, 0.3) is 0 Å². The summed E-state index contributed by atoms with van der Waals surface area (Å²) in [6.07, 6.45) is 0. The van der Waals surface area contributed by atoms with E-state index in [0.29, 0.717) is 25.6 Å². The normalized spacial score (nSPS) is 10.2. The molecule has 1 aromatic rings. The van der Waals surface area contributed by atoms with Crippen molar-refractivity contribution in [3.05, 3.63) is 18.2 Å². The van der Waals surface area contributed by atoms with Gasteiger partial charge in [-0.05, 0) is 13.0 Å². The summed E-state index contributed by atoms with van der Waals surface area (Å²) < 4.78 is 5.35. The maximum Gasteiger partial charge on any atom is 0.215 e. The molecule has 0 saturated heterocycles. The van der Waals surface area contributed by atoms with Gasteiger partial charge in [0.05, 0.1) is 6.61 Å². The van der Waals surface area contributed by atoms with Crippen LogP contribution >= 0.6 is 0 Å². The standard InChI is InChI=1S/C11H20N4O/c1-2-16-11-5-3-4-10(14-11)15(8-6-12)9-7-13/h3-5H,2,6-9,12-13H2,1H3. The molecule has 0 aliphatic rings. The molecule has 0 aromatic carbocycles. The molecule has 0 unspecified atom stereocenters. The van der Waals surface area contributed by atoms with Crippen molar-refractivity contribution >= 4 is 5.82 Å². The zero-order valence-electron chi connectivity index (χ0n) is 9.72. The van der Waals surface area contributed by atoms with Crippen LogP contribution in [-0.4, -0.2) is 37.8 Å². The Hall–Kier alpha value is -1.33. The van der Waals surface area contributed by atoms with E-state index in [1.165, 1.54) is 0 Å². The number of ether oxygens (including phenoxy) is 1. The van der Waals surface area contributed by atoms with E-state index in [4.69, 9.17) is 16.2 Å². The lowest BCUT2D eigenvalue weighted by atomic mass is 10.4. The van der Waals surface area contributed by atoms with E-state index in [1.807, 2.05) is 25.1 Å². The van der Waals surface area contributed by atoms with E-state index in [-0.39, 0.29) is 0 Å². The molecule has 0 amide bonds. The second kappa shape index (κ2) is 7.03. The fourth-order valence-corrected chi connectivity index (χ4v) is 1.46. The second-order valence-corrected chi connectivity index (χ2v) is 3.33. The molecule has 5 heteroatoms. The van der Waals surface area contributed by atoms with Crippen LogP contribution in [0.1, 0.15) is 6.92 Å². The molecule has 1 rings (SSSR count). The first-order valence-corrected chi connectivity index (χ1v) is 5.56. The summed E-state index contributed by atoms with van der Waals surface area (Å²) in [5.41, 5.74) is 11.1. The van der Waals surface area contributed by atoms with Gasteiger partial charge in [-0.2, -0.15) is 4.98 Å². The van der Waals surface area contributed by atoms with Crippen LogP contribution in [0, 0.1) is 0 Å². The van der Waals surface area contributed by atoms with E-state index in [0.717, 1.165) is 18.9 Å². The van der Waals surface area contributed by atoms with Crippen molar-refractivity contribution in [2.75, 3.05) is 37.7 Å². The van der Waals surface area contributed by atoms with Gasteiger partial charge in [-0.25, -0.2) is 0 Å². The minimum Gasteiger partial charge on any atom is -0.478 e. The number of hydrogen-bond donors (Lipinski definition) is 2. The summed E-state index contributed by atoms with van der Waals surface area (Å²) in [5.74, 6) is 1.50. The third-order valence-electron chi connectivity index (χ3n) is 2.12. The van der Waals surface area contributed by atoms with Crippen molar-refractivity contribution in [3.63, 3.8) is 0 Å². The maximum atomic E-state index is 5.55. The Labute approximate surface area is 96.4 Å². The fraction of sp³-hybridized carbons (Fsp3) is 0.545. The summed E-state index contributed by atoms with van der Waals surface area (Å²) >= 11 is 0. The summed E-state index contributed by atoms with van der Waals surface area (Å²) in [6, 6.07) is 5.71. The quantitative estimate of drug-likeness (QED) is 0.692. The minimum atomic E-state index is 0.584. The monoisotopic (exact) mass is 224 g/mol. The van der Waals surface area contributed by atoms with Gasteiger partial charge in [0, 0.05) is 32.2 Å². The highest BCUT2D eigenvalue weighted by atomic mass is 16.5. The van der Waals surface area contributed by atoms with Gasteiger partial charge in [0.1, 0.15) is 5.82 Å². The van der Waals surface area contributed by atoms with Gasteiger partial charge in [0.2, 0.25) is 5.88 Å². The van der Waals surface area contributed by atoms with E-state index in [2.05, 4.69) is 9.88 Å². The minimum absolute atomic E-state index is 0.584. The van der Waals surface area contributed by atoms with Crippen molar-refractivity contribution in [1.29, 1.82) is 0 Å². The number of hydrogen-bond acceptors (Lipinski definition) is 5. The molecule has 0 radical (unpaired) electrons. The van der Waals surface area contributed by atoms with Crippen LogP contribution in [0.15, 0.2) is 18.2 Å². The molecule has 0 saturated carbocycles. The average molecular weight is 224 g/mol. The third-order valence-corrected chi connectivity index (χ3v) is 2.12. The van der Waals surface area contributed by atoms with E-state index in [9.17, 15) is 0 Å². The number of rotatable bonds is 7. The lowest BCUT2D eigenvalue weighted by molar-refractivity contribution is 0.327. The molecular formula is C11H20N4O. The molecule has 0 bridgehead atoms. The molecule has 0 atom stereocenters. The highest BCUT2D eigenvalue weighted by Gasteiger charge is 2.06. The number of nitrogens with zero attached hydrogens (tertiary/aromatic N) is 2. The number of aromatic nitrogens is 1. The number of anilines is 1. The molecule has 0 spiro atoms. The largest absolute Gasteiger partial charge is 0.478 e. The van der Waals surface area contributed by atoms with E-state index >= 15 is 0 Å². The van der Waals surface area contributed by atoms with Gasteiger partial charge in [-0.3, -0.25) is 0 Å². The van der Waals surface area contributed by atoms with Crippen LogP contribution in [-0.2, 0) is 0 Å². The molecule has 0 aliphatic heterocycles. The average Bonchev–Trinajstić information content (AvgIpc) is 2.30. The topological polar surface area (TPSA) is 77.4 Å². The third kappa shape index (κ3) is 3.67. The van der Waals surface area contributed by atoms with Gasteiger partial charge >= 0.3 is 0 Å². The Morgan fingerprint density at radius 1 is 1.25 bits per heavy atom. The van der Waals surface area contributed by atoms with Gasteiger partial charge in [-0.1, -0.05) is 6.07 Å². The molecule has 1 aromatic heterocycles. The molecule has 16 heavy (non-hydrogen) atoms. The zero-order valence-corrected chi connectivity index (χ0v) is 9.72. The molecule has 4 N–H and O–H groups in total. The Bertz CT molecular complexity index is 300. The fourth-order valence-electron chi connectivity index (χ4n) is 1.46. The van der Waals surface area contributed by atoms with Crippen LogP contribution in [0.3, 0.4) is 0 Å². The van der Waals surface area contributed by atoms with Gasteiger partial charge in [0.15, 0.2) is 0 Å². The van der Waals surface area contributed by atoms with Crippen molar-refractivity contribution < 1.29 is 4.74 Å². The Morgan fingerprint density at radius 2 is 1.94 bits per heavy atom. The van der Waals surface area contributed by atoms with Crippen LogP contribution in [0.2, 0.25) is 0 Å². The van der Waals surface area contributed by atoms with Gasteiger partial charge in [-0.15, -0.1) is 0 Å². The number of pyridine rings is 1. The maximum absolute atomic E-state index is 5.55. The Morgan fingerprint density at radius 3 is 2.50 bits per heavy atom. The van der Waals surface area contributed by atoms with Crippen LogP contribution in [0.5, 0.6) is 5.88 Å². The smallest absolute Gasteiger partial charge is 0.215 e. The molecular weight excluding hydrogens is 204 g/mol. The second-order valence-electron chi connectivity index (χ2n) is 3.33. The Balaban J connectivity index is 2.77. The molecule has 0 fully saturated rings. The molecule has 90 valence electrons. The first-order chi connectivity index (χ1) is 7.81. The lowest BCUT2D eigenvalue weighted by Crippen LogP contribution is -2.34. The summed E-state index contributed by atoms with van der Waals surface area (Å²) in [6.45, 7) is 5.22. The summed E-state index contributed by atoms with van der Waals surface area (Å²) in [7, 11) is 0. The predicted octanol–water partition coefficient (Wildman–Crippen LogP) is 0.204. The molecule has 1 heterocycles. The van der Waals surface area contributed by atoms with E-state index < -0.39 is 0 Å². The summed E-state index contributed by atoms with van der Waals surface area (Å²) in [4.78, 5) is 6.45. The van der Waals surface area contributed by atoms with Crippen molar-refractivity contribution in [3.8, 4) is 5.88 Å². The predicted molar refractivity (Wildman–Crippen MR) is 65.7 cm³/mol. The number of nitrogens with two attached hydrogens (primary N) is 2. The SMILES string of the molecule is CCOc1cccc(N(CCN)CCN)n1. The highest BCUT2D eigenvalue weighted by molar-refractivity contribution is 5.40. The van der Waals surface area contributed by atoms with Crippen LogP contribution in [0.4, 0.5) is 5.82 Å². The van der Waals surface area contributed by atoms with E-state index in [1.54, 1.807) is 0 Å². The van der Waals surface area contributed by atoms with Crippen molar-refractivity contribution in [1.82, 2.24) is 4.98 Å². The first-order valence-electron chi connectivity index (χ1n) is 5.56. The van der Waals surface area contributed by atoms with Gasteiger partial charge < -0.3 is 21.1 Å². The molecule has 0 aliphatic carbocycles. The Kier molecular flexibility index (Phi) is 5.60.